The summed E-state index contributed by atoms with van der Waals surface area (Å²) in [4.78, 5) is 6.22. The topological polar surface area (TPSA) is 12.9 Å². The first-order valence-corrected chi connectivity index (χ1v) is 11.4. The van der Waals surface area contributed by atoms with E-state index < -0.39 is 7.53 Å². The Kier molecular flexibility index (Phi) is 7.39. The normalized spacial score (nSPS) is 13.2. The van der Waals surface area contributed by atoms with Crippen LogP contribution in [0, 0.1) is 0 Å². The quantitative estimate of drug-likeness (QED) is 0.317. The van der Waals surface area contributed by atoms with E-state index >= 15 is 0 Å². The van der Waals surface area contributed by atoms with Gasteiger partial charge in [0.2, 0.25) is 0 Å². The van der Waals surface area contributed by atoms with Gasteiger partial charge in [0.1, 0.15) is 0 Å². The van der Waals surface area contributed by atoms with Crippen LogP contribution in [0.5, 0.6) is 0 Å². The smallest absolute Gasteiger partial charge is 0.0747 e. The van der Waals surface area contributed by atoms with E-state index in [0.717, 1.165) is 0 Å². The van der Waals surface area contributed by atoms with Crippen LogP contribution in [0.3, 0.4) is 0 Å². The zero-order valence-corrected chi connectivity index (χ0v) is 19.9. The third kappa shape index (κ3) is 3.83. The maximum atomic E-state index is 4.78. The summed E-state index contributed by atoms with van der Waals surface area (Å²) in [7, 11) is -0.537. The van der Waals surface area contributed by atoms with Gasteiger partial charge in [-0.3, -0.25) is 4.98 Å². The number of thiophene rings is 1. The molecule has 5 heteroatoms. The second-order valence-electron chi connectivity index (χ2n) is 6.72. The van der Waals surface area contributed by atoms with Gasteiger partial charge in [-0.05, 0) is 65.7 Å². The number of rotatable bonds is 3. The molecule has 5 rings (SSSR count). The second-order valence-corrected chi connectivity index (χ2v) is 9.75. The van der Waals surface area contributed by atoms with Crippen LogP contribution in [-0.4, -0.2) is 4.98 Å². The molecule has 0 spiro atoms. The van der Waals surface area contributed by atoms with Crippen molar-refractivity contribution in [2.75, 3.05) is 0 Å². The van der Waals surface area contributed by atoms with Gasteiger partial charge >= 0.3 is 0 Å². The SMILES string of the molecule is [Au].[Cl-].c1ccc(-p2c(-c3ccccn3)c3c(c2-c2cccs2)CCCC3)cc1. The molecule has 147 valence electrons. The molecule has 1 atom stereocenters. The molecule has 0 saturated carbocycles. The van der Waals surface area contributed by atoms with Gasteiger partial charge in [0.05, 0.1) is 5.69 Å². The Morgan fingerprint density at radius 2 is 1.50 bits per heavy atom. The molecule has 3 aromatic heterocycles. The summed E-state index contributed by atoms with van der Waals surface area (Å²) in [6, 6.07) is 21.9. The number of fused-ring (bicyclic) bond motifs is 1. The summed E-state index contributed by atoms with van der Waals surface area (Å²) in [6.45, 7) is 0. The number of hydrogen-bond donors (Lipinski definition) is 0. The van der Waals surface area contributed by atoms with E-state index in [0.29, 0.717) is 0 Å². The van der Waals surface area contributed by atoms with Crippen molar-refractivity contribution in [3.8, 4) is 26.5 Å². The zero-order valence-electron chi connectivity index (χ0n) is 15.2. The van der Waals surface area contributed by atoms with Gasteiger partial charge in [-0.1, -0.05) is 50.0 Å². The predicted molar refractivity (Wildman–Crippen MR) is 114 cm³/mol. The van der Waals surface area contributed by atoms with Gasteiger partial charge in [0.15, 0.2) is 0 Å². The van der Waals surface area contributed by atoms with Crippen molar-refractivity contribution < 1.29 is 34.8 Å². The Balaban J connectivity index is 0.00000112. The molecule has 0 fully saturated rings. The van der Waals surface area contributed by atoms with Crippen molar-refractivity contribution in [3.05, 3.63) is 83.4 Å². The Morgan fingerprint density at radius 1 is 0.786 bits per heavy atom. The minimum absolute atomic E-state index is 0. The summed E-state index contributed by atoms with van der Waals surface area (Å²) < 4.78 is 0. The molecule has 4 aromatic rings. The fraction of sp³-hybridized carbons (Fsp3) is 0.174. The van der Waals surface area contributed by atoms with Crippen molar-refractivity contribution in [2.24, 2.45) is 0 Å². The molecule has 1 unspecified atom stereocenters. The van der Waals surface area contributed by atoms with E-state index in [2.05, 4.69) is 60.0 Å². The fourth-order valence-corrected chi connectivity index (χ4v) is 8.12. The molecule has 28 heavy (non-hydrogen) atoms. The molecule has 1 aromatic carbocycles. The van der Waals surface area contributed by atoms with Crippen molar-refractivity contribution in [3.63, 3.8) is 0 Å². The number of nitrogens with zero attached hydrogens (tertiary/aromatic N) is 1. The largest absolute Gasteiger partial charge is 1.00 e. The standard InChI is InChI=1S/C23H20NPS.Au.ClH/c1-2-9-17(10-3-1)25-22(20-13-6-7-15-24-20)18-11-4-5-12-19(18)23(25)21-14-8-16-26-21;;/h1-3,6-10,13-16H,4-5,11-12H2;;1H/p-1. The first-order valence-electron chi connectivity index (χ1n) is 9.20. The van der Waals surface area contributed by atoms with Crippen LogP contribution in [-0.2, 0) is 35.2 Å². The van der Waals surface area contributed by atoms with Crippen LogP contribution in [0.15, 0.2) is 72.2 Å². The summed E-state index contributed by atoms with van der Waals surface area (Å²) in [5.41, 5.74) is 4.38. The minimum Gasteiger partial charge on any atom is -1.00 e. The van der Waals surface area contributed by atoms with E-state index in [-0.39, 0.29) is 34.8 Å². The second kappa shape index (κ2) is 9.59. The molecule has 0 bridgehead atoms. The number of benzene rings is 1. The predicted octanol–water partition coefficient (Wildman–Crippen LogP) is 4.33. The fourth-order valence-electron chi connectivity index (χ4n) is 4.09. The van der Waals surface area contributed by atoms with Crippen molar-refractivity contribution >= 4 is 18.9 Å². The van der Waals surface area contributed by atoms with Gasteiger partial charge in [-0.15, -0.1) is 11.3 Å². The van der Waals surface area contributed by atoms with Crippen molar-refractivity contribution in [1.29, 1.82) is 0 Å². The van der Waals surface area contributed by atoms with Crippen LogP contribution in [0.4, 0.5) is 0 Å². The van der Waals surface area contributed by atoms with Gasteiger partial charge in [-0.2, -0.15) is 0 Å². The molecular weight excluding hydrogens is 586 g/mol. The van der Waals surface area contributed by atoms with E-state index in [4.69, 9.17) is 4.98 Å². The maximum absolute atomic E-state index is 4.78. The third-order valence-corrected chi connectivity index (χ3v) is 8.92. The number of hydrogen-bond acceptors (Lipinski definition) is 2. The molecule has 1 aliphatic rings. The third-order valence-electron chi connectivity index (χ3n) is 5.16. The first kappa shape index (κ1) is 21.6. The Hall–Kier alpha value is -1.12. The summed E-state index contributed by atoms with van der Waals surface area (Å²) >= 11 is 1.88. The van der Waals surface area contributed by atoms with E-state index in [1.165, 1.54) is 46.9 Å². The molecular formula is C23H20AuClNPS-. The Bertz CT molecular complexity index is 1030. The average Bonchev–Trinajstić information content (AvgIpc) is 3.35. The Morgan fingerprint density at radius 3 is 2.14 bits per heavy atom. The van der Waals surface area contributed by atoms with Crippen LogP contribution in [0.25, 0.3) is 26.5 Å². The van der Waals surface area contributed by atoms with Crippen LogP contribution >= 0.6 is 18.9 Å². The van der Waals surface area contributed by atoms with E-state index in [9.17, 15) is 0 Å². The van der Waals surface area contributed by atoms with Gasteiger partial charge in [0.25, 0.3) is 0 Å². The van der Waals surface area contributed by atoms with Gasteiger partial charge in [-0.25, -0.2) is 0 Å². The molecule has 1 radical (unpaired) electrons. The van der Waals surface area contributed by atoms with Gasteiger partial charge in [0, 0.05) is 44.0 Å². The minimum atomic E-state index is -0.537. The molecule has 1 aliphatic carbocycles. The molecule has 1 nitrogen and oxygen atoms in total. The number of pyridine rings is 1. The molecule has 0 N–H and O–H groups in total. The molecule has 0 aliphatic heterocycles. The van der Waals surface area contributed by atoms with Crippen molar-refractivity contribution in [2.45, 2.75) is 25.7 Å². The molecule has 0 amide bonds. The summed E-state index contributed by atoms with van der Waals surface area (Å²) in [6.07, 6.45) is 6.95. The zero-order chi connectivity index (χ0) is 17.3. The van der Waals surface area contributed by atoms with Crippen LogP contribution in [0.2, 0.25) is 0 Å². The number of aromatic nitrogens is 1. The average molecular weight is 606 g/mol. The van der Waals surface area contributed by atoms with Crippen LogP contribution < -0.4 is 12.4 Å². The van der Waals surface area contributed by atoms with Crippen LogP contribution in [0.1, 0.15) is 24.0 Å². The van der Waals surface area contributed by atoms with Gasteiger partial charge < -0.3 is 12.4 Å². The van der Waals surface area contributed by atoms with Crippen molar-refractivity contribution in [1.82, 2.24) is 4.98 Å². The van der Waals surface area contributed by atoms with E-state index in [1.807, 2.05) is 23.6 Å². The molecule has 3 heterocycles. The summed E-state index contributed by atoms with van der Waals surface area (Å²) in [5, 5.41) is 6.75. The summed E-state index contributed by atoms with van der Waals surface area (Å²) in [5.74, 6) is 0. The Labute approximate surface area is 193 Å². The first-order chi connectivity index (χ1) is 12.9. The molecule has 0 saturated heterocycles. The maximum Gasteiger partial charge on any atom is 0.0747 e. The van der Waals surface area contributed by atoms with E-state index in [1.54, 1.807) is 16.4 Å². The monoisotopic (exact) mass is 605 g/mol. The number of halogens is 1.